The second kappa shape index (κ2) is 7.05. The van der Waals surface area contributed by atoms with E-state index >= 15 is 0 Å². The molecule has 0 saturated carbocycles. The fourth-order valence-electron chi connectivity index (χ4n) is 1.65. The summed E-state index contributed by atoms with van der Waals surface area (Å²) in [6.45, 7) is 3.13. The summed E-state index contributed by atoms with van der Waals surface area (Å²) >= 11 is 0. The second-order valence-corrected chi connectivity index (χ2v) is 3.88. The van der Waals surface area contributed by atoms with E-state index in [1.54, 1.807) is 13.8 Å². The van der Waals surface area contributed by atoms with E-state index in [1.165, 1.54) is 0 Å². The van der Waals surface area contributed by atoms with Gasteiger partial charge in [-0.05, 0) is 13.8 Å². The van der Waals surface area contributed by atoms with Crippen LogP contribution in [-0.4, -0.2) is 60.9 Å². The molecule has 8 heteroatoms. The fraction of sp³-hybridized carbons (Fsp3) is 0.727. The summed E-state index contributed by atoms with van der Waals surface area (Å²) in [7, 11) is 0. The van der Waals surface area contributed by atoms with Crippen LogP contribution >= 0.6 is 0 Å². The minimum atomic E-state index is -1.37. The zero-order chi connectivity index (χ0) is 14.4. The van der Waals surface area contributed by atoms with Gasteiger partial charge in [-0.25, -0.2) is 9.59 Å². The first-order valence-electron chi connectivity index (χ1n) is 6.05. The average molecular weight is 274 g/mol. The monoisotopic (exact) mass is 274 g/mol. The van der Waals surface area contributed by atoms with Crippen LogP contribution in [0, 0.1) is 0 Å². The van der Waals surface area contributed by atoms with E-state index in [2.05, 4.69) is 10.6 Å². The number of β-lactam (4-membered cyclic amide) rings is 1. The van der Waals surface area contributed by atoms with Gasteiger partial charge in [-0.2, -0.15) is 0 Å². The van der Waals surface area contributed by atoms with Crippen molar-refractivity contribution in [3.05, 3.63) is 0 Å². The molecule has 1 saturated heterocycles. The number of aliphatic hydroxyl groups excluding tert-OH is 1. The highest BCUT2D eigenvalue weighted by Gasteiger charge is 2.43. The first-order valence-corrected chi connectivity index (χ1v) is 6.05. The van der Waals surface area contributed by atoms with E-state index < -0.39 is 36.0 Å². The average Bonchev–Trinajstić information content (AvgIpc) is 2.36. The standard InChI is InChI=1S/C11H18N2O6/c1-3-18-10(16)8(11(17)19-4-2)13-7-6(5-14)12-9(7)15/h6-8,13-14H,3-5H2,1-2H3,(H,12,15). The zero-order valence-electron chi connectivity index (χ0n) is 10.8. The van der Waals surface area contributed by atoms with Gasteiger partial charge in [-0.3, -0.25) is 10.1 Å². The van der Waals surface area contributed by atoms with Gasteiger partial charge >= 0.3 is 11.9 Å². The molecule has 1 aliphatic rings. The third-order valence-corrected chi connectivity index (χ3v) is 2.60. The molecule has 0 bridgehead atoms. The molecule has 108 valence electrons. The maximum Gasteiger partial charge on any atom is 0.334 e. The Labute approximate surface area is 110 Å². The van der Waals surface area contributed by atoms with Crippen LogP contribution in [0.2, 0.25) is 0 Å². The molecule has 1 amide bonds. The maximum atomic E-state index is 11.7. The highest BCUT2D eigenvalue weighted by Crippen LogP contribution is 2.08. The SMILES string of the molecule is CCOC(=O)C(NC1C(=O)NC1CO)C(=O)OCC. The van der Waals surface area contributed by atoms with E-state index in [-0.39, 0.29) is 19.8 Å². The summed E-state index contributed by atoms with van der Waals surface area (Å²) in [5, 5.41) is 14.0. The van der Waals surface area contributed by atoms with Crippen molar-refractivity contribution in [3.8, 4) is 0 Å². The lowest BCUT2D eigenvalue weighted by atomic mass is 9.99. The number of hydrogen-bond donors (Lipinski definition) is 3. The van der Waals surface area contributed by atoms with Crippen LogP contribution in [0.1, 0.15) is 13.8 Å². The predicted octanol–water partition coefficient (Wildman–Crippen LogP) is -2.07. The van der Waals surface area contributed by atoms with Crippen LogP contribution in [0.5, 0.6) is 0 Å². The van der Waals surface area contributed by atoms with Gasteiger partial charge in [0.05, 0.1) is 25.9 Å². The molecule has 3 N–H and O–H groups in total. The van der Waals surface area contributed by atoms with Crippen LogP contribution in [0.25, 0.3) is 0 Å². The molecule has 1 heterocycles. The zero-order valence-corrected chi connectivity index (χ0v) is 10.8. The number of carbonyl (C=O) groups is 3. The van der Waals surface area contributed by atoms with Gasteiger partial charge in [0, 0.05) is 0 Å². The van der Waals surface area contributed by atoms with Gasteiger partial charge < -0.3 is 19.9 Å². The Bertz CT molecular complexity index is 341. The Morgan fingerprint density at radius 2 is 1.84 bits per heavy atom. The highest BCUT2D eigenvalue weighted by molar-refractivity contribution is 6.00. The van der Waals surface area contributed by atoms with Crippen molar-refractivity contribution >= 4 is 17.8 Å². The van der Waals surface area contributed by atoms with Crippen LogP contribution < -0.4 is 10.6 Å². The summed E-state index contributed by atoms with van der Waals surface area (Å²) in [6.07, 6.45) is 0. The van der Waals surface area contributed by atoms with Gasteiger partial charge in [-0.15, -0.1) is 0 Å². The van der Waals surface area contributed by atoms with Crippen molar-refractivity contribution in [2.45, 2.75) is 32.0 Å². The molecule has 0 radical (unpaired) electrons. The number of nitrogens with one attached hydrogen (secondary N) is 2. The third kappa shape index (κ3) is 3.65. The first kappa shape index (κ1) is 15.4. The molecule has 1 aliphatic heterocycles. The predicted molar refractivity (Wildman–Crippen MR) is 63.0 cm³/mol. The number of ether oxygens (including phenoxy) is 2. The summed E-state index contributed by atoms with van der Waals surface area (Å²) < 4.78 is 9.50. The van der Waals surface area contributed by atoms with Gasteiger partial charge in [0.2, 0.25) is 11.9 Å². The number of rotatable bonds is 7. The van der Waals surface area contributed by atoms with Gasteiger partial charge in [0.25, 0.3) is 0 Å². The number of esters is 2. The molecule has 0 aromatic carbocycles. The summed E-state index contributed by atoms with van der Waals surface area (Å²) in [4.78, 5) is 34.6. The van der Waals surface area contributed by atoms with E-state index in [4.69, 9.17) is 14.6 Å². The van der Waals surface area contributed by atoms with Crippen molar-refractivity contribution in [1.82, 2.24) is 10.6 Å². The Balaban J connectivity index is 2.70. The Morgan fingerprint density at radius 1 is 1.32 bits per heavy atom. The van der Waals surface area contributed by atoms with Crippen LogP contribution in [-0.2, 0) is 23.9 Å². The van der Waals surface area contributed by atoms with E-state index in [0.29, 0.717) is 0 Å². The van der Waals surface area contributed by atoms with Gasteiger partial charge in [-0.1, -0.05) is 0 Å². The topological polar surface area (TPSA) is 114 Å². The number of hydrogen-bond acceptors (Lipinski definition) is 7. The minimum absolute atomic E-state index is 0.108. The second-order valence-electron chi connectivity index (χ2n) is 3.88. The van der Waals surface area contributed by atoms with Crippen molar-refractivity contribution in [3.63, 3.8) is 0 Å². The molecule has 19 heavy (non-hydrogen) atoms. The van der Waals surface area contributed by atoms with Gasteiger partial charge in [0.15, 0.2) is 0 Å². The molecule has 8 nitrogen and oxygen atoms in total. The lowest BCUT2D eigenvalue weighted by Gasteiger charge is -2.37. The van der Waals surface area contributed by atoms with E-state index in [0.717, 1.165) is 0 Å². The largest absolute Gasteiger partial charge is 0.464 e. The summed E-state index contributed by atoms with van der Waals surface area (Å²) in [5.41, 5.74) is 0. The Morgan fingerprint density at radius 3 is 2.21 bits per heavy atom. The van der Waals surface area contributed by atoms with Crippen LogP contribution in [0.15, 0.2) is 0 Å². The van der Waals surface area contributed by atoms with Crippen molar-refractivity contribution < 1.29 is 29.0 Å². The first-order chi connectivity index (χ1) is 9.04. The fourth-order valence-corrected chi connectivity index (χ4v) is 1.65. The lowest BCUT2D eigenvalue weighted by Crippen LogP contribution is -2.72. The highest BCUT2D eigenvalue weighted by atomic mass is 16.6. The molecule has 0 aliphatic carbocycles. The number of carbonyl (C=O) groups excluding carboxylic acids is 3. The molecule has 2 unspecified atom stereocenters. The summed E-state index contributed by atoms with van der Waals surface area (Å²) in [5.74, 6) is -2.01. The molecule has 1 rings (SSSR count). The maximum absolute atomic E-state index is 11.7. The van der Waals surface area contributed by atoms with Crippen molar-refractivity contribution in [2.24, 2.45) is 0 Å². The number of amides is 1. The van der Waals surface area contributed by atoms with E-state index in [9.17, 15) is 14.4 Å². The van der Waals surface area contributed by atoms with Gasteiger partial charge in [0.1, 0.15) is 6.04 Å². The quantitative estimate of drug-likeness (QED) is 0.277. The Hall–Kier alpha value is -1.67. The van der Waals surface area contributed by atoms with Crippen molar-refractivity contribution in [2.75, 3.05) is 19.8 Å². The third-order valence-electron chi connectivity index (χ3n) is 2.60. The molecule has 1 fully saturated rings. The van der Waals surface area contributed by atoms with Crippen LogP contribution in [0.3, 0.4) is 0 Å². The normalized spacial score (nSPS) is 21.6. The molecule has 0 spiro atoms. The van der Waals surface area contributed by atoms with E-state index in [1.807, 2.05) is 0 Å². The molecule has 0 aromatic rings. The van der Waals surface area contributed by atoms with Crippen LogP contribution in [0.4, 0.5) is 0 Å². The summed E-state index contributed by atoms with van der Waals surface area (Å²) in [6, 6.07) is -2.72. The number of aliphatic hydroxyl groups is 1. The molecule has 2 atom stereocenters. The smallest absolute Gasteiger partial charge is 0.334 e. The molecular weight excluding hydrogens is 256 g/mol. The lowest BCUT2D eigenvalue weighted by molar-refractivity contribution is -0.159. The minimum Gasteiger partial charge on any atom is -0.464 e. The molecule has 0 aromatic heterocycles. The molecular formula is C11H18N2O6. The van der Waals surface area contributed by atoms with Crippen molar-refractivity contribution in [1.29, 1.82) is 0 Å². The Kier molecular flexibility index (Phi) is 5.71.